The Balaban J connectivity index is 2.67. The average Bonchev–Trinajstić information content (AvgIpc) is 2.34. The van der Waals surface area contributed by atoms with Gasteiger partial charge in [-0.2, -0.15) is 5.26 Å². The van der Waals surface area contributed by atoms with Crippen LogP contribution in [0.1, 0.15) is 25.8 Å². The quantitative estimate of drug-likeness (QED) is 0.809. The number of benzene rings is 1. The van der Waals surface area contributed by atoms with Crippen molar-refractivity contribution < 1.29 is 9.90 Å². The lowest BCUT2D eigenvalue weighted by atomic mass is 9.97. The predicted molar refractivity (Wildman–Crippen MR) is 70.2 cm³/mol. The van der Waals surface area contributed by atoms with E-state index in [4.69, 9.17) is 10.4 Å². The van der Waals surface area contributed by atoms with Gasteiger partial charge in [0.05, 0.1) is 17.2 Å². The third-order valence-electron chi connectivity index (χ3n) is 2.69. The standard InChI is InChI=1S/C14H18N2O2/c1-10(2)7-12(14(17)18)9-16-13-6-4-3-5-11(13)8-15/h3-6,10,12,16H,7,9H2,1-2H3,(H,17,18). The van der Waals surface area contributed by atoms with E-state index in [1.165, 1.54) is 0 Å². The molecule has 18 heavy (non-hydrogen) atoms. The van der Waals surface area contributed by atoms with Crippen molar-refractivity contribution in [1.82, 2.24) is 0 Å². The molecule has 96 valence electrons. The molecule has 0 aliphatic heterocycles. The van der Waals surface area contributed by atoms with Crippen LogP contribution >= 0.6 is 0 Å². The van der Waals surface area contributed by atoms with Gasteiger partial charge >= 0.3 is 5.97 Å². The zero-order valence-electron chi connectivity index (χ0n) is 10.7. The number of nitrogens with one attached hydrogen (secondary N) is 1. The molecule has 0 spiro atoms. The van der Waals surface area contributed by atoms with Crippen LogP contribution in [0.2, 0.25) is 0 Å². The maximum Gasteiger partial charge on any atom is 0.308 e. The molecule has 1 aromatic rings. The molecule has 4 heteroatoms. The molecule has 0 aliphatic carbocycles. The van der Waals surface area contributed by atoms with E-state index in [1.54, 1.807) is 18.2 Å². The fourth-order valence-corrected chi connectivity index (χ4v) is 1.81. The summed E-state index contributed by atoms with van der Waals surface area (Å²) in [5.74, 6) is -0.901. The van der Waals surface area contributed by atoms with Crippen LogP contribution in [0.3, 0.4) is 0 Å². The Morgan fingerprint density at radius 2 is 2.11 bits per heavy atom. The first-order valence-corrected chi connectivity index (χ1v) is 6.00. The molecular formula is C14H18N2O2. The monoisotopic (exact) mass is 246 g/mol. The summed E-state index contributed by atoms with van der Waals surface area (Å²) in [6.07, 6.45) is 0.622. The number of para-hydroxylation sites is 1. The van der Waals surface area contributed by atoms with Crippen LogP contribution in [0.15, 0.2) is 24.3 Å². The number of carboxylic acid groups (broad SMARTS) is 1. The molecule has 1 aromatic carbocycles. The highest BCUT2D eigenvalue weighted by molar-refractivity contribution is 5.71. The lowest BCUT2D eigenvalue weighted by molar-refractivity contribution is -0.141. The van der Waals surface area contributed by atoms with Gasteiger partial charge in [0, 0.05) is 6.54 Å². The number of nitriles is 1. The van der Waals surface area contributed by atoms with Crippen molar-refractivity contribution in [1.29, 1.82) is 5.26 Å². The van der Waals surface area contributed by atoms with Crippen LogP contribution in [-0.2, 0) is 4.79 Å². The summed E-state index contributed by atoms with van der Waals surface area (Å²) in [7, 11) is 0. The van der Waals surface area contributed by atoms with Crippen molar-refractivity contribution in [2.75, 3.05) is 11.9 Å². The number of hydrogen-bond donors (Lipinski definition) is 2. The first-order valence-electron chi connectivity index (χ1n) is 6.00. The van der Waals surface area contributed by atoms with Crippen molar-refractivity contribution in [2.45, 2.75) is 20.3 Å². The maximum atomic E-state index is 11.1. The fraction of sp³-hybridized carbons (Fsp3) is 0.429. The summed E-state index contributed by atoms with van der Waals surface area (Å²) < 4.78 is 0. The highest BCUT2D eigenvalue weighted by Crippen LogP contribution is 2.17. The molecule has 0 aliphatic rings. The largest absolute Gasteiger partial charge is 0.481 e. The van der Waals surface area contributed by atoms with Gasteiger partial charge in [0.15, 0.2) is 0 Å². The van der Waals surface area contributed by atoms with Crippen LogP contribution in [0, 0.1) is 23.2 Å². The van der Waals surface area contributed by atoms with Crippen molar-refractivity contribution in [2.24, 2.45) is 11.8 Å². The number of aliphatic carboxylic acids is 1. The third kappa shape index (κ3) is 4.10. The molecule has 0 heterocycles. The molecule has 1 atom stereocenters. The van der Waals surface area contributed by atoms with Crippen LogP contribution < -0.4 is 5.32 Å². The molecule has 0 saturated carbocycles. The lowest BCUT2D eigenvalue weighted by Crippen LogP contribution is -2.24. The third-order valence-corrected chi connectivity index (χ3v) is 2.69. The topological polar surface area (TPSA) is 73.1 Å². The van der Waals surface area contributed by atoms with Crippen molar-refractivity contribution in [3.8, 4) is 6.07 Å². The highest BCUT2D eigenvalue weighted by Gasteiger charge is 2.18. The Morgan fingerprint density at radius 1 is 1.44 bits per heavy atom. The van der Waals surface area contributed by atoms with Crippen molar-refractivity contribution in [3.63, 3.8) is 0 Å². The second-order valence-corrected chi connectivity index (χ2v) is 4.70. The molecule has 0 radical (unpaired) electrons. The molecule has 1 unspecified atom stereocenters. The molecule has 1 rings (SSSR count). The first kappa shape index (κ1) is 14.0. The summed E-state index contributed by atoms with van der Waals surface area (Å²) in [6, 6.07) is 9.18. The zero-order valence-corrected chi connectivity index (χ0v) is 10.7. The van der Waals surface area contributed by atoms with E-state index in [2.05, 4.69) is 11.4 Å². The SMILES string of the molecule is CC(C)CC(CNc1ccccc1C#N)C(=O)O. The van der Waals surface area contributed by atoms with Gasteiger partial charge in [0.1, 0.15) is 6.07 Å². The van der Waals surface area contributed by atoms with E-state index in [-0.39, 0.29) is 0 Å². The second kappa shape index (κ2) is 6.65. The summed E-state index contributed by atoms with van der Waals surface area (Å²) in [5, 5.41) is 21.1. The van der Waals surface area contributed by atoms with E-state index in [1.807, 2.05) is 19.9 Å². The first-order chi connectivity index (χ1) is 8.54. The minimum absolute atomic E-state index is 0.333. The molecule has 0 bridgehead atoms. The van der Waals surface area contributed by atoms with E-state index in [0.717, 1.165) is 0 Å². The minimum Gasteiger partial charge on any atom is -0.481 e. The summed E-state index contributed by atoms with van der Waals surface area (Å²) in [5.41, 5.74) is 1.22. The van der Waals surface area contributed by atoms with Crippen molar-refractivity contribution >= 4 is 11.7 Å². The van der Waals surface area contributed by atoms with Crippen LogP contribution in [0.4, 0.5) is 5.69 Å². The number of anilines is 1. The Labute approximate surface area is 107 Å². The van der Waals surface area contributed by atoms with Crippen molar-refractivity contribution in [3.05, 3.63) is 29.8 Å². The van der Waals surface area contributed by atoms with Crippen LogP contribution in [-0.4, -0.2) is 17.6 Å². The molecular weight excluding hydrogens is 228 g/mol. The minimum atomic E-state index is -0.800. The van der Waals surface area contributed by atoms with E-state index in [0.29, 0.717) is 30.1 Å². The Hall–Kier alpha value is -2.02. The molecule has 2 N–H and O–H groups in total. The molecule has 0 saturated heterocycles. The number of nitrogens with zero attached hydrogens (tertiary/aromatic N) is 1. The summed E-state index contributed by atoms with van der Waals surface area (Å²) in [6.45, 7) is 4.34. The van der Waals surface area contributed by atoms with Gasteiger partial charge in [0.25, 0.3) is 0 Å². The Morgan fingerprint density at radius 3 is 2.67 bits per heavy atom. The predicted octanol–water partition coefficient (Wildman–Crippen LogP) is 2.72. The van der Waals surface area contributed by atoms with Gasteiger partial charge in [-0.15, -0.1) is 0 Å². The molecule has 0 amide bonds. The highest BCUT2D eigenvalue weighted by atomic mass is 16.4. The number of carbonyl (C=O) groups is 1. The van der Waals surface area contributed by atoms with E-state index >= 15 is 0 Å². The average molecular weight is 246 g/mol. The van der Waals surface area contributed by atoms with Gasteiger partial charge in [-0.1, -0.05) is 26.0 Å². The smallest absolute Gasteiger partial charge is 0.308 e. The second-order valence-electron chi connectivity index (χ2n) is 4.70. The number of rotatable bonds is 6. The van der Waals surface area contributed by atoms with Crippen LogP contribution in [0.25, 0.3) is 0 Å². The maximum absolute atomic E-state index is 11.1. The van der Waals surface area contributed by atoms with E-state index < -0.39 is 11.9 Å². The van der Waals surface area contributed by atoms with E-state index in [9.17, 15) is 4.79 Å². The fourth-order valence-electron chi connectivity index (χ4n) is 1.81. The summed E-state index contributed by atoms with van der Waals surface area (Å²) in [4.78, 5) is 11.1. The zero-order chi connectivity index (χ0) is 13.5. The Bertz CT molecular complexity index is 449. The molecule has 0 fully saturated rings. The Kier molecular flexibility index (Phi) is 5.19. The van der Waals surface area contributed by atoms with Gasteiger partial charge in [-0.3, -0.25) is 4.79 Å². The normalized spacial score (nSPS) is 11.9. The van der Waals surface area contributed by atoms with Crippen LogP contribution in [0.5, 0.6) is 0 Å². The molecule has 4 nitrogen and oxygen atoms in total. The number of hydrogen-bond acceptors (Lipinski definition) is 3. The van der Waals surface area contributed by atoms with Gasteiger partial charge in [0.2, 0.25) is 0 Å². The summed E-state index contributed by atoms with van der Waals surface area (Å²) >= 11 is 0. The number of carboxylic acids is 1. The van der Waals surface area contributed by atoms with Gasteiger partial charge < -0.3 is 10.4 Å². The molecule has 0 aromatic heterocycles. The lowest BCUT2D eigenvalue weighted by Gasteiger charge is -2.16. The van der Waals surface area contributed by atoms with Gasteiger partial charge in [-0.25, -0.2) is 0 Å². The van der Waals surface area contributed by atoms with Gasteiger partial charge in [-0.05, 0) is 24.5 Å².